The molecule has 0 bridgehead atoms. The number of aliphatic hydroxyl groups is 1. The first-order valence-corrected chi connectivity index (χ1v) is 6.40. The minimum Gasteiger partial charge on any atom is -0.399 e. The maximum absolute atomic E-state index is 12.0. The molecule has 0 aliphatic heterocycles. The van der Waals surface area contributed by atoms with Gasteiger partial charge < -0.3 is 15.7 Å². The zero-order valence-electron chi connectivity index (χ0n) is 10.9. The van der Waals surface area contributed by atoms with Crippen molar-refractivity contribution in [1.29, 1.82) is 0 Å². The number of aryl methyl sites for hydroxylation is 1. The summed E-state index contributed by atoms with van der Waals surface area (Å²) in [5.74, 6) is 0.0997. The van der Waals surface area contributed by atoms with Gasteiger partial charge >= 0.3 is 0 Å². The van der Waals surface area contributed by atoms with E-state index in [-0.39, 0.29) is 12.5 Å². The molecule has 4 nitrogen and oxygen atoms in total. The van der Waals surface area contributed by atoms with Gasteiger partial charge in [-0.2, -0.15) is 0 Å². The van der Waals surface area contributed by atoms with E-state index in [1.165, 1.54) is 0 Å². The monoisotopic (exact) mass is 250 g/mol. The molecule has 1 amide bonds. The highest BCUT2D eigenvalue weighted by molar-refractivity contribution is 5.76. The van der Waals surface area contributed by atoms with Crippen molar-refractivity contribution in [2.75, 3.05) is 25.4 Å². The highest BCUT2D eigenvalue weighted by Gasteiger charge is 2.11. The molecule has 100 valence electrons. The Morgan fingerprint density at radius 3 is 2.50 bits per heavy atom. The highest BCUT2D eigenvalue weighted by atomic mass is 16.3. The summed E-state index contributed by atoms with van der Waals surface area (Å²) in [6, 6.07) is 7.58. The smallest absolute Gasteiger partial charge is 0.222 e. The van der Waals surface area contributed by atoms with E-state index in [0.29, 0.717) is 25.9 Å². The van der Waals surface area contributed by atoms with Crippen LogP contribution in [0.2, 0.25) is 0 Å². The van der Waals surface area contributed by atoms with Crippen LogP contribution in [0, 0.1) is 0 Å². The third kappa shape index (κ3) is 4.75. The molecule has 0 fully saturated rings. The summed E-state index contributed by atoms with van der Waals surface area (Å²) < 4.78 is 0. The number of hydrogen-bond donors (Lipinski definition) is 2. The number of carbonyl (C=O) groups excluding carboxylic acids is 1. The van der Waals surface area contributed by atoms with Crippen molar-refractivity contribution >= 4 is 11.6 Å². The fraction of sp³-hybridized carbons (Fsp3) is 0.500. The maximum atomic E-state index is 12.0. The summed E-state index contributed by atoms with van der Waals surface area (Å²) in [5, 5.41) is 8.92. The lowest BCUT2D eigenvalue weighted by atomic mass is 10.1. The minimum atomic E-state index is 0.0214. The number of benzene rings is 1. The Bertz CT molecular complexity index is 357. The van der Waals surface area contributed by atoms with E-state index in [2.05, 4.69) is 0 Å². The van der Waals surface area contributed by atoms with Crippen molar-refractivity contribution in [3.05, 3.63) is 29.8 Å². The molecule has 1 rings (SSSR count). The lowest BCUT2D eigenvalue weighted by Crippen LogP contribution is -2.34. The van der Waals surface area contributed by atoms with Crippen molar-refractivity contribution in [3.63, 3.8) is 0 Å². The van der Waals surface area contributed by atoms with Gasteiger partial charge in [0, 0.05) is 25.2 Å². The van der Waals surface area contributed by atoms with Crippen molar-refractivity contribution in [3.8, 4) is 0 Å². The molecule has 0 saturated heterocycles. The van der Waals surface area contributed by atoms with Crippen LogP contribution < -0.4 is 5.73 Å². The molecule has 0 atom stereocenters. The predicted octanol–water partition coefficient (Wildman–Crippen LogP) is 1.43. The molecule has 18 heavy (non-hydrogen) atoms. The first-order valence-electron chi connectivity index (χ1n) is 6.40. The summed E-state index contributed by atoms with van der Waals surface area (Å²) >= 11 is 0. The van der Waals surface area contributed by atoms with Gasteiger partial charge in [-0.15, -0.1) is 0 Å². The van der Waals surface area contributed by atoms with Gasteiger partial charge in [0.25, 0.3) is 0 Å². The summed E-state index contributed by atoms with van der Waals surface area (Å²) in [6.45, 7) is 3.18. The highest BCUT2D eigenvalue weighted by Crippen LogP contribution is 2.09. The van der Waals surface area contributed by atoms with Gasteiger partial charge in [-0.3, -0.25) is 4.79 Å². The van der Waals surface area contributed by atoms with Crippen molar-refractivity contribution in [1.82, 2.24) is 4.90 Å². The second-order valence-electron chi connectivity index (χ2n) is 4.35. The van der Waals surface area contributed by atoms with Crippen LogP contribution in [0.5, 0.6) is 0 Å². The van der Waals surface area contributed by atoms with Gasteiger partial charge in [0.05, 0.1) is 6.61 Å². The molecule has 0 aliphatic carbocycles. The average molecular weight is 250 g/mol. The Hall–Kier alpha value is -1.55. The Balaban J connectivity index is 2.45. The Morgan fingerprint density at radius 2 is 1.94 bits per heavy atom. The number of amides is 1. The number of rotatable bonds is 7. The van der Waals surface area contributed by atoms with Crippen LogP contribution in [0.15, 0.2) is 24.3 Å². The largest absolute Gasteiger partial charge is 0.399 e. The maximum Gasteiger partial charge on any atom is 0.222 e. The second-order valence-corrected chi connectivity index (χ2v) is 4.35. The van der Waals surface area contributed by atoms with Crippen LogP contribution >= 0.6 is 0 Å². The Kier molecular flexibility index (Phi) is 6.22. The predicted molar refractivity (Wildman–Crippen MR) is 73.1 cm³/mol. The van der Waals surface area contributed by atoms with Gasteiger partial charge in [0.2, 0.25) is 5.91 Å². The molecule has 0 aliphatic rings. The zero-order chi connectivity index (χ0) is 13.4. The molecule has 0 aromatic heterocycles. The number of hydrogen-bond acceptors (Lipinski definition) is 3. The quantitative estimate of drug-likeness (QED) is 0.719. The lowest BCUT2D eigenvalue weighted by Gasteiger charge is -2.21. The topological polar surface area (TPSA) is 66.6 Å². The number of anilines is 1. The molecule has 4 heteroatoms. The molecule has 3 N–H and O–H groups in total. The van der Waals surface area contributed by atoms with Crippen LogP contribution in [0.1, 0.15) is 25.3 Å². The summed E-state index contributed by atoms with van der Waals surface area (Å²) in [6.07, 6.45) is 2.10. The van der Waals surface area contributed by atoms with E-state index in [1.54, 1.807) is 4.90 Å². The van der Waals surface area contributed by atoms with Gasteiger partial charge in [-0.05, 0) is 30.5 Å². The summed E-state index contributed by atoms with van der Waals surface area (Å²) in [4.78, 5) is 13.7. The first-order chi connectivity index (χ1) is 8.67. The molecule has 0 unspecified atom stereocenters. The average Bonchev–Trinajstić information content (AvgIpc) is 2.37. The summed E-state index contributed by atoms with van der Waals surface area (Å²) in [7, 11) is 0. The van der Waals surface area contributed by atoms with Crippen molar-refractivity contribution in [2.45, 2.75) is 26.2 Å². The molecular formula is C14H22N2O2. The van der Waals surface area contributed by atoms with E-state index in [1.807, 2.05) is 31.2 Å². The van der Waals surface area contributed by atoms with Crippen LogP contribution in [0.4, 0.5) is 5.69 Å². The van der Waals surface area contributed by atoms with Crippen LogP contribution in [0.3, 0.4) is 0 Å². The number of aliphatic hydroxyl groups excluding tert-OH is 1. The van der Waals surface area contributed by atoms with Gasteiger partial charge in [0.1, 0.15) is 0 Å². The van der Waals surface area contributed by atoms with Crippen LogP contribution in [-0.4, -0.2) is 35.6 Å². The number of nitrogens with two attached hydrogens (primary N) is 1. The third-order valence-electron chi connectivity index (χ3n) is 2.82. The van der Waals surface area contributed by atoms with Crippen molar-refractivity contribution in [2.24, 2.45) is 0 Å². The van der Waals surface area contributed by atoms with E-state index >= 15 is 0 Å². The van der Waals surface area contributed by atoms with Crippen LogP contribution in [0.25, 0.3) is 0 Å². The second kappa shape index (κ2) is 7.71. The fourth-order valence-corrected chi connectivity index (χ4v) is 1.85. The van der Waals surface area contributed by atoms with E-state index in [0.717, 1.165) is 17.7 Å². The third-order valence-corrected chi connectivity index (χ3v) is 2.82. The Morgan fingerprint density at radius 1 is 1.28 bits per heavy atom. The molecule has 0 saturated carbocycles. The van der Waals surface area contributed by atoms with E-state index < -0.39 is 0 Å². The first kappa shape index (κ1) is 14.5. The molecule has 0 radical (unpaired) electrons. The van der Waals surface area contributed by atoms with Gasteiger partial charge in [-0.25, -0.2) is 0 Å². The minimum absolute atomic E-state index is 0.0214. The Labute approximate surface area is 108 Å². The lowest BCUT2D eigenvalue weighted by molar-refractivity contribution is -0.131. The van der Waals surface area contributed by atoms with Crippen molar-refractivity contribution < 1.29 is 9.90 Å². The normalized spacial score (nSPS) is 10.3. The SMILES string of the molecule is CCCN(CCO)C(=O)CCc1ccc(N)cc1. The number of nitrogens with zero attached hydrogens (tertiary/aromatic N) is 1. The van der Waals surface area contributed by atoms with Gasteiger partial charge in [-0.1, -0.05) is 19.1 Å². The zero-order valence-corrected chi connectivity index (χ0v) is 10.9. The standard InChI is InChI=1S/C14H22N2O2/c1-2-9-16(10-11-17)14(18)8-5-12-3-6-13(15)7-4-12/h3-4,6-7,17H,2,5,8-11,15H2,1H3. The molecule has 1 aromatic rings. The van der Waals surface area contributed by atoms with Crippen LogP contribution in [-0.2, 0) is 11.2 Å². The fourth-order valence-electron chi connectivity index (χ4n) is 1.85. The molecule has 1 aromatic carbocycles. The van der Waals surface area contributed by atoms with E-state index in [4.69, 9.17) is 10.8 Å². The number of nitrogen functional groups attached to an aromatic ring is 1. The summed E-state index contributed by atoms with van der Waals surface area (Å²) in [5.41, 5.74) is 7.45. The number of carbonyl (C=O) groups is 1. The molecular weight excluding hydrogens is 228 g/mol. The molecule has 0 spiro atoms. The van der Waals surface area contributed by atoms with Gasteiger partial charge in [0.15, 0.2) is 0 Å². The molecule has 0 heterocycles. The van der Waals surface area contributed by atoms with E-state index in [9.17, 15) is 4.79 Å².